The third-order valence-corrected chi connectivity index (χ3v) is 5.04. The molecule has 2 nitrogen and oxygen atoms in total. The lowest BCUT2D eigenvalue weighted by atomic mass is 9.99. The summed E-state index contributed by atoms with van der Waals surface area (Å²) in [7, 11) is 0. The summed E-state index contributed by atoms with van der Waals surface area (Å²) in [5, 5.41) is 6.96. The van der Waals surface area contributed by atoms with Gasteiger partial charge >= 0.3 is 0 Å². The second-order valence-electron chi connectivity index (χ2n) is 5.08. The van der Waals surface area contributed by atoms with Crippen LogP contribution in [-0.4, -0.2) is 11.5 Å². The van der Waals surface area contributed by atoms with Gasteiger partial charge in [0, 0.05) is 11.1 Å². The van der Waals surface area contributed by atoms with E-state index < -0.39 is 0 Å². The summed E-state index contributed by atoms with van der Waals surface area (Å²) in [6.45, 7) is 5.10. The first-order valence-corrected chi connectivity index (χ1v) is 8.69. The van der Waals surface area contributed by atoms with Crippen molar-refractivity contribution in [2.75, 3.05) is 6.54 Å². The van der Waals surface area contributed by atoms with E-state index in [-0.39, 0.29) is 6.04 Å². The van der Waals surface area contributed by atoms with Crippen LogP contribution in [0.4, 0.5) is 0 Å². The van der Waals surface area contributed by atoms with Crippen molar-refractivity contribution in [2.45, 2.75) is 19.9 Å². The van der Waals surface area contributed by atoms with Crippen LogP contribution < -0.4 is 5.32 Å². The van der Waals surface area contributed by atoms with Crippen LogP contribution >= 0.6 is 27.3 Å². The number of aromatic nitrogens is 1. The molecule has 1 N–H and O–H groups in total. The third-order valence-electron chi connectivity index (χ3n) is 3.52. The molecule has 1 aromatic carbocycles. The molecule has 0 aliphatic heterocycles. The molecule has 2 aromatic heterocycles. The molecule has 0 aliphatic rings. The van der Waals surface area contributed by atoms with E-state index in [0.717, 1.165) is 17.8 Å². The number of thiophene rings is 1. The first kappa shape index (κ1) is 14.7. The summed E-state index contributed by atoms with van der Waals surface area (Å²) < 4.78 is 1.17. The van der Waals surface area contributed by atoms with Gasteiger partial charge in [-0.25, -0.2) is 0 Å². The van der Waals surface area contributed by atoms with Crippen LogP contribution in [-0.2, 0) is 0 Å². The van der Waals surface area contributed by atoms with Crippen molar-refractivity contribution in [1.82, 2.24) is 10.3 Å². The standard InChI is InChI=1S/C17H17BrN2S/c1-3-19-17(14-9-16(18)21-10-14)13-6-7-15-12(8-13)5-4-11(2)20-15/h4-10,17,19H,3H2,1-2H3. The fourth-order valence-electron chi connectivity index (χ4n) is 2.53. The van der Waals surface area contributed by atoms with Crippen molar-refractivity contribution in [3.63, 3.8) is 0 Å². The predicted octanol–water partition coefficient (Wildman–Crippen LogP) is 5.07. The number of halogens is 1. The SMILES string of the molecule is CCNC(c1csc(Br)c1)c1ccc2nc(C)ccc2c1. The molecule has 0 spiro atoms. The van der Waals surface area contributed by atoms with Crippen molar-refractivity contribution >= 4 is 38.2 Å². The number of aryl methyl sites for hydroxylation is 1. The molecule has 0 radical (unpaired) electrons. The monoisotopic (exact) mass is 360 g/mol. The minimum Gasteiger partial charge on any atom is -0.307 e. The maximum atomic E-state index is 4.57. The molecule has 4 heteroatoms. The zero-order chi connectivity index (χ0) is 14.8. The van der Waals surface area contributed by atoms with E-state index >= 15 is 0 Å². The van der Waals surface area contributed by atoms with E-state index in [1.807, 2.05) is 6.92 Å². The molecular formula is C17H17BrN2S. The Morgan fingerprint density at radius 1 is 1.19 bits per heavy atom. The Labute approximate surface area is 137 Å². The minimum absolute atomic E-state index is 0.225. The average Bonchev–Trinajstić information content (AvgIpc) is 2.90. The number of pyridine rings is 1. The van der Waals surface area contributed by atoms with Crippen molar-refractivity contribution in [3.05, 3.63) is 62.4 Å². The normalized spacial score (nSPS) is 12.7. The summed E-state index contributed by atoms with van der Waals surface area (Å²) in [6, 6.07) is 13.2. The second kappa shape index (κ2) is 6.26. The van der Waals surface area contributed by atoms with E-state index in [2.05, 4.69) is 74.9 Å². The van der Waals surface area contributed by atoms with Gasteiger partial charge in [0.1, 0.15) is 0 Å². The molecule has 0 saturated heterocycles. The zero-order valence-corrected chi connectivity index (χ0v) is 14.5. The molecule has 0 fully saturated rings. The van der Waals surface area contributed by atoms with Crippen LogP contribution in [0.25, 0.3) is 10.9 Å². The van der Waals surface area contributed by atoms with Gasteiger partial charge in [-0.15, -0.1) is 11.3 Å². The molecule has 21 heavy (non-hydrogen) atoms. The number of fused-ring (bicyclic) bond motifs is 1. The molecule has 0 aliphatic carbocycles. The van der Waals surface area contributed by atoms with E-state index in [1.165, 1.54) is 20.3 Å². The van der Waals surface area contributed by atoms with Crippen LogP contribution in [0.2, 0.25) is 0 Å². The van der Waals surface area contributed by atoms with Crippen molar-refractivity contribution in [1.29, 1.82) is 0 Å². The van der Waals surface area contributed by atoms with Gasteiger partial charge in [-0.05, 0) is 70.2 Å². The molecule has 0 saturated carbocycles. The van der Waals surface area contributed by atoms with E-state index in [4.69, 9.17) is 0 Å². The van der Waals surface area contributed by atoms with Gasteiger partial charge in [-0.3, -0.25) is 4.98 Å². The topological polar surface area (TPSA) is 24.9 Å². The van der Waals surface area contributed by atoms with E-state index in [9.17, 15) is 0 Å². The predicted molar refractivity (Wildman–Crippen MR) is 94.0 cm³/mol. The van der Waals surface area contributed by atoms with Gasteiger partial charge in [-0.1, -0.05) is 19.1 Å². The Morgan fingerprint density at radius 3 is 2.76 bits per heavy atom. The Hall–Kier alpha value is -1.23. The maximum absolute atomic E-state index is 4.57. The van der Waals surface area contributed by atoms with Gasteiger partial charge in [-0.2, -0.15) is 0 Å². The second-order valence-corrected chi connectivity index (χ2v) is 7.37. The fraction of sp³-hybridized carbons (Fsp3) is 0.235. The number of rotatable bonds is 4. The fourth-order valence-corrected chi connectivity index (χ4v) is 3.73. The number of benzene rings is 1. The zero-order valence-electron chi connectivity index (χ0n) is 12.1. The molecule has 1 atom stereocenters. The van der Waals surface area contributed by atoms with Crippen molar-refractivity contribution in [3.8, 4) is 0 Å². The first-order chi connectivity index (χ1) is 10.2. The van der Waals surface area contributed by atoms with Gasteiger partial charge < -0.3 is 5.32 Å². The van der Waals surface area contributed by atoms with Crippen molar-refractivity contribution < 1.29 is 0 Å². The van der Waals surface area contributed by atoms with Gasteiger partial charge in [0.15, 0.2) is 0 Å². The Bertz CT molecular complexity index is 766. The van der Waals surface area contributed by atoms with Crippen LogP contribution in [0.1, 0.15) is 29.8 Å². The van der Waals surface area contributed by atoms with Crippen molar-refractivity contribution in [2.24, 2.45) is 0 Å². The summed E-state index contributed by atoms with van der Waals surface area (Å²) in [5.41, 5.74) is 4.69. The lowest BCUT2D eigenvalue weighted by molar-refractivity contribution is 0.633. The molecule has 0 amide bonds. The molecule has 1 unspecified atom stereocenters. The number of nitrogens with zero attached hydrogens (tertiary/aromatic N) is 1. The summed E-state index contributed by atoms with van der Waals surface area (Å²) >= 11 is 5.28. The maximum Gasteiger partial charge on any atom is 0.0705 e. The third kappa shape index (κ3) is 3.18. The van der Waals surface area contributed by atoms with Gasteiger partial charge in [0.2, 0.25) is 0 Å². The lowest BCUT2D eigenvalue weighted by Crippen LogP contribution is -2.21. The van der Waals surface area contributed by atoms with Crippen LogP contribution in [0.3, 0.4) is 0 Å². The summed E-state index contributed by atoms with van der Waals surface area (Å²) in [6.07, 6.45) is 0. The van der Waals surface area contributed by atoms with Gasteiger partial charge in [0.05, 0.1) is 15.3 Å². The Morgan fingerprint density at radius 2 is 2.05 bits per heavy atom. The summed E-state index contributed by atoms with van der Waals surface area (Å²) in [5.74, 6) is 0. The highest BCUT2D eigenvalue weighted by molar-refractivity contribution is 9.11. The number of nitrogens with one attached hydrogen (secondary N) is 1. The highest BCUT2D eigenvalue weighted by Crippen LogP contribution is 2.30. The molecule has 3 rings (SSSR count). The largest absolute Gasteiger partial charge is 0.307 e. The molecular weight excluding hydrogens is 344 g/mol. The lowest BCUT2D eigenvalue weighted by Gasteiger charge is -2.18. The highest BCUT2D eigenvalue weighted by Gasteiger charge is 2.15. The molecule has 2 heterocycles. The number of hydrogen-bond acceptors (Lipinski definition) is 3. The van der Waals surface area contributed by atoms with E-state index in [0.29, 0.717) is 0 Å². The minimum atomic E-state index is 0.225. The summed E-state index contributed by atoms with van der Waals surface area (Å²) in [4.78, 5) is 4.57. The number of hydrogen-bond donors (Lipinski definition) is 1. The smallest absolute Gasteiger partial charge is 0.0705 e. The van der Waals surface area contributed by atoms with Crippen LogP contribution in [0.15, 0.2) is 45.6 Å². The highest BCUT2D eigenvalue weighted by atomic mass is 79.9. The molecule has 108 valence electrons. The van der Waals surface area contributed by atoms with E-state index in [1.54, 1.807) is 11.3 Å². The van der Waals surface area contributed by atoms with Crippen LogP contribution in [0.5, 0.6) is 0 Å². The van der Waals surface area contributed by atoms with Crippen LogP contribution in [0, 0.1) is 6.92 Å². The quantitative estimate of drug-likeness (QED) is 0.702. The van der Waals surface area contributed by atoms with Gasteiger partial charge in [0.25, 0.3) is 0 Å². The Kier molecular flexibility index (Phi) is 4.38. The first-order valence-electron chi connectivity index (χ1n) is 7.02. The Balaban J connectivity index is 2.04. The molecule has 3 aromatic rings. The average molecular weight is 361 g/mol. The molecule has 0 bridgehead atoms.